The van der Waals surface area contributed by atoms with Crippen LogP contribution in [0.15, 0.2) is 36.7 Å². The van der Waals surface area contributed by atoms with Gasteiger partial charge in [-0.25, -0.2) is 0 Å². The summed E-state index contributed by atoms with van der Waals surface area (Å²) in [5, 5.41) is 0. The van der Waals surface area contributed by atoms with Crippen molar-refractivity contribution in [2.45, 2.75) is 32.1 Å². The first-order chi connectivity index (χ1) is 12.7. The second-order valence-corrected chi connectivity index (χ2v) is 7.26. The van der Waals surface area contributed by atoms with E-state index in [1.807, 2.05) is 34.3 Å². The molecular formula is C21H25N3O2. The van der Waals surface area contributed by atoms with Crippen molar-refractivity contribution in [1.82, 2.24) is 14.8 Å². The monoisotopic (exact) mass is 351 g/mol. The number of H-pyrrole nitrogens is 1. The van der Waals surface area contributed by atoms with Crippen molar-refractivity contribution >= 4 is 11.8 Å². The van der Waals surface area contributed by atoms with Crippen molar-refractivity contribution in [2.24, 2.45) is 0 Å². The number of piperazine rings is 1. The lowest BCUT2D eigenvalue weighted by Gasteiger charge is -2.35. The normalized spacial score (nSPS) is 17.1. The van der Waals surface area contributed by atoms with Crippen LogP contribution in [0.1, 0.15) is 39.9 Å². The molecule has 0 atom stereocenters. The van der Waals surface area contributed by atoms with Gasteiger partial charge in [-0.05, 0) is 60.6 Å². The van der Waals surface area contributed by atoms with Crippen molar-refractivity contribution in [2.75, 3.05) is 26.2 Å². The minimum Gasteiger partial charge on any atom is -0.367 e. The van der Waals surface area contributed by atoms with E-state index in [0.717, 1.165) is 24.0 Å². The number of rotatable bonds is 3. The fraction of sp³-hybridized carbons (Fsp3) is 0.429. The second kappa shape index (κ2) is 7.36. The number of carbonyl (C=O) groups excluding carboxylic acids is 2. The number of aromatic amines is 1. The van der Waals surface area contributed by atoms with Crippen LogP contribution >= 0.6 is 0 Å². The van der Waals surface area contributed by atoms with Crippen molar-refractivity contribution < 1.29 is 9.59 Å². The lowest BCUT2D eigenvalue weighted by Crippen LogP contribution is -2.51. The fourth-order valence-corrected chi connectivity index (χ4v) is 3.96. The van der Waals surface area contributed by atoms with Gasteiger partial charge in [-0.1, -0.05) is 6.07 Å². The van der Waals surface area contributed by atoms with Crippen molar-refractivity contribution in [1.29, 1.82) is 0 Å². The first-order valence-corrected chi connectivity index (χ1v) is 9.51. The highest BCUT2D eigenvalue weighted by atomic mass is 16.2. The Morgan fingerprint density at radius 1 is 0.923 bits per heavy atom. The van der Waals surface area contributed by atoms with E-state index in [9.17, 15) is 9.59 Å². The predicted molar refractivity (Wildman–Crippen MR) is 100 cm³/mol. The smallest absolute Gasteiger partial charge is 0.253 e. The molecule has 4 rings (SSSR count). The minimum atomic E-state index is 0.0936. The Morgan fingerprint density at radius 2 is 1.65 bits per heavy atom. The fourth-order valence-electron chi connectivity index (χ4n) is 3.96. The Labute approximate surface area is 154 Å². The molecule has 0 unspecified atom stereocenters. The maximum Gasteiger partial charge on any atom is 0.253 e. The van der Waals surface area contributed by atoms with Gasteiger partial charge in [0.2, 0.25) is 5.91 Å². The number of nitrogens with one attached hydrogen (secondary N) is 1. The summed E-state index contributed by atoms with van der Waals surface area (Å²) in [5.74, 6) is 0.224. The standard InChI is InChI=1S/C21H25N3O2/c25-20(13-16-7-8-22-15-16)23-9-11-24(12-10-23)21(26)19-6-5-17-3-1-2-4-18(17)14-19/h5-8,14-15,22H,1-4,9-13H2. The average Bonchev–Trinajstić information content (AvgIpc) is 3.20. The van der Waals surface area contributed by atoms with Crippen molar-refractivity contribution in [3.05, 3.63) is 58.9 Å². The molecule has 1 aliphatic heterocycles. The van der Waals surface area contributed by atoms with Crippen molar-refractivity contribution in [3.63, 3.8) is 0 Å². The molecule has 1 aromatic carbocycles. The summed E-state index contributed by atoms with van der Waals surface area (Å²) < 4.78 is 0. The molecule has 26 heavy (non-hydrogen) atoms. The molecule has 1 aliphatic carbocycles. The van der Waals surface area contributed by atoms with Gasteiger partial charge < -0.3 is 14.8 Å². The molecule has 5 nitrogen and oxygen atoms in total. The third kappa shape index (κ3) is 3.52. The van der Waals surface area contributed by atoms with Gasteiger partial charge in [0.1, 0.15) is 0 Å². The van der Waals surface area contributed by atoms with E-state index in [1.165, 1.54) is 24.0 Å². The third-order valence-electron chi connectivity index (χ3n) is 5.53. The van der Waals surface area contributed by atoms with Gasteiger partial charge in [0.25, 0.3) is 5.91 Å². The first kappa shape index (κ1) is 16.9. The van der Waals surface area contributed by atoms with Gasteiger partial charge in [0, 0.05) is 44.1 Å². The number of aryl methyl sites for hydroxylation is 2. The van der Waals surface area contributed by atoms with Gasteiger partial charge in [0.05, 0.1) is 6.42 Å². The Hall–Kier alpha value is -2.56. The maximum atomic E-state index is 12.8. The molecule has 136 valence electrons. The summed E-state index contributed by atoms with van der Waals surface area (Å²) in [5.41, 5.74) is 4.52. The highest BCUT2D eigenvalue weighted by Crippen LogP contribution is 2.23. The lowest BCUT2D eigenvalue weighted by molar-refractivity contribution is -0.131. The number of carbonyl (C=O) groups is 2. The molecule has 0 saturated carbocycles. The molecule has 5 heteroatoms. The minimum absolute atomic E-state index is 0.0936. The number of aromatic nitrogens is 1. The number of fused-ring (bicyclic) bond motifs is 1. The van der Waals surface area contributed by atoms with E-state index < -0.39 is 0 Å². The zero-order valence-electron chi connectivity index (χ0n) is 15.0. The van der Waals surface area contributed by atoms with Gasteiger partial charge in [-0.3, -0.25) is 9.59 Å². The molecule has 0 bridgehead atoms. The molecule has 1 aromatic heterocycles. The molecule has 0 radical (unpaired) electrons. The zero-order valence-corrected chi connectivity index (χ0v) is 15.0. The highest BCUT2D eigenvalue weighted by molar-refractivity contribution is 5.94. The Balaban J connectivity index is 1.35. The largest absolute Gasteiger partial charge is 0.367 e. The Morgan fingerprint density at radius 3 is 2.38 bits per heavy atom. The number of amides is 2. The summed E-state index contributed by atoms with van der Waals surface area (Å²) in [6.07, 6.45) is 8.78. The summed E-state index contributed by atoms with van der Waals surface area (Å²) >= 11 is 0. The molecular weight excluding hydrogens is 326 g/mol. The summed E-state index contributed by atoms with van der Waals surface area (Å²) in [6, 6.07) is 8.10. The quantitative estimate of drug-likeness (QED) is 0.923. The van der Waals surface area contributed by atoms with Crippen LogP contribution in [0, 0.1) is 0 Å². The molecule has 0 spiro atoms. The van der Waals surface area contributed by atoms with Crippen LogP contribution in [0.25, 0.3) is 0 Å². The van der Waals surface area contributed by atoms with E-state index in [1.54, 1.807) is 0 Å². The molecule has 2 heterocycles. The topological polar surface area (TPSA) is 56.4 Å². The van der Waals surface area contributed by atoms with E-state index >= 15 is 0 Å². The number of benzene rings is 1. The predicted octanol–water partition coefficient (Wildman–Crippen LogP) is 2.42. The van der Waals surface area contributed by atoms with E-state index in [2.05, 4.69) is 17.1 Å². The number of hydrogen-bond donors (Lipinski definition) is 1. The Kier molecular flexibility index (Phi) is 4.78. The lowest BCUT2D eigenvalue weighted by atomic mass is 9.90. The third-order valence-corrected chi connectivity index (χ3v) is 5.53. The van der Waals surface area contributed by atoms with Gasteiger partial charge in [-0.15, -0.1) is 0 Å². The summed E-state index contributed by atoms with van der Waals surface area (Å²) in [7, 11) is 0. The van der Waals surface area contributed by atoms with E-state index in [-0.39, 0.29) is 11.8 Å². The SMILES string of the molecule is O=C(Cc1cc[nH]c1)N1CCN(C(=O)c2ccc3c(c2)CCCC3)CC1. The molecule has 2 aromatic rings. The molecule has 2 amide bonds. The number of nitrogens with zero attached hydrogens (tertiary/aromatic N) is 2. The van der Waals surface area contributed by atoms with E-state index in [4.69, 9.17) is 0 Å². The second-order valence-electron chi connectivity index (χ2n) is 7.26. The van der Waals surface area contributed by atoms with Crippen LogP contribution in [-0.4, -0.2) is 52.8 Å². The molecule has 1 fully saturated rings. The van der Waals surface area contributed by atoms with Gasteiger partial charge in [0.15, 0.2) is 0 Å². The summed E-state index contributed by atoms with van der Waals surface area (Å²) in [4.78, 5) is 31.9. The van der Waals surface area contributed by atoms with Crippen LogP contribution in [-0.2, 0) is 24.1 Å². The summed E-state index contributed by atoms with van der Waals surface area (Å²) in [6.45, 7) is 2.43. The molecule has 1 saturated heterocycles. The van der Waals surface area contributed by atoms with Crippen LogP contribution in [0.3, 0.4) is 0 Å². The maximum absolute atomic E-state index is 12.8. The molecule has 1 N–H and O–H groups in total. The number of hydrogen-bond acceptors (Lipinski definition) is 2. The zero-order chi connectivity index (χ0) is 17.9. The van der Waals surface area contributed by atoms with Crippen LogP contribution in [0.4, 0.5) is 0 Å². The van der Waals surface area contributed by atoms with E-state index in [0.29, 0.717) is 32.6 Å². The van der Waals surface area contributed by atoms with Gasteiger partial charge >= 0.3 is 0 Å². The van der Waals surface area contributed by atoms with Crippen LogP contribution in [0.5, 0.6) is 0 Å². The average molecular weight is 351 g/mol. The Bertz CT molecular complexity index is 790. The highest BCUT2D eigenvalue weighted by Gasteiger charge is 2.25. The molecule has 2 aliphatic rings. The van der Waals surface area contributed by atoms with Crippen LogP contribution in [0.2, 0.25) is 0 Å². The van der Waals surface area contributed by atoms with Crippen molar-refractivity contribution in [3.8, 4) is 0 Å². The van der Waals surface area contributed by atoms with Gasteiger partial charge in [-0.2, -0.15) is 0 Å². The van der Waals surface area contributed by atoms with Crippen LogP contribution < -0.4 is 0 Å². The first-order valence-electron chi connectivity index (χ1n) is 9.51.